The van der Waals surface area contributed by atoms with E-state index >= 15 is 0 Å². The van der Waals surface area contributed by atoms with Gasteiger partial charge >= 0.3 is 0 Å². The number of rotatable bonds is 6. The lowest BCUT2D eigenvalue weighted by atomic mass is 9.92. The lowest BCUT2D eigenvalue weighted by molar-refractivity contribution is -0.126. The van der Waals surface area contributed by atoms with Gasteiger partial charge in [-0.1, -0.05) is 26.0 Å². The number of allylic oxidation sites excluding steroid dienone is 1. The van der Waals surface area contributed by atoms with Gasteiger partial charge in [-0.05, 0) is 70.6 Å². The van der Waals surface area contributed by atoms with Crippen LogP contribution in [0.25, 0.3) is 0 Å². The van der Waals surface area contributed by atoms with E-state index in [4.69, 9.17) is 0 Å². The van der Waals surface area contributed by atoms with E-state index in [0.29, 0.717) is 17.9 Å². The van der Waals surface area contributed by atoms with Crippen LogP contribution >= 0.6 is 0 Å². The Morgan fingerprint density at radius 3 is 2.29 bits per heavy atom. The standard InChI is InChI=1S/C20H35N3O/c1-16(2)4-3-11-22-12-9-19(10-13-22)23-14-7-17(8-15-23)20(24)21-18-5-6-18/h3-4,16-19H,5-15H2,1-2H3,(H,21,24)/b4-3+. The van der Waals surface area contributed by atoms with Gasteiger partial charge in [-0.3, -0.25) is 9.69 Å². The predicted molar refractivity (Wildman–Crippen MR) is 98.9 cm³/mol. The van der Waals surface area contributed by atoms with Gasteiger partial charge < -0.3 is 10.2 Å². The van der Waals surface area contributed by atoms with Crippen molar-refractivity contribution >= 4 is 5.91 Å². The van der Waals surface area contributed by atoms with Gasteiger partial charge in [0.25, 0.3) is 0 Å². The maximum atomic E-state index is 12.2. The minimum Gasteiger partial charge on any atom is -0.353 e. The molecule has 0 radical (unpaired) electrons. The SMILES string of the molecule is CC(C)/C=C/CN1CCC(N2CCC(C(=O)NC3CC3)CC2)CC1. The minimum absolute atomic E-state index is 0.267. The Kier molecular flexibility index (Phi) is 6.34. The van der Waals surface area contributed by atoms with Gasteiger partial charge in [-0.15, -0.1) is 0 Å². The third-order valence-electron chi connectivity index (χ3n) is 5.78. The Labute approximate surface area is 147 Å². The molecule has 4 heteroatoms. The maximum Gasteiger partial charge on any atom is 0.223 e. The molecule has 4 nitrogen and oxygen atoms in total. The van der Waals surface area contributed by atoms with Crippen LogP contribution in [0.15, 0.2) is 12.2 Å². The Bertz CT molecular complexity index is 428. The number of carbonyl (C=O) groups excluding carboxylic acids is 1. The molecule has 0 spiro atoms. The molecular formula is C20H35N3O. The summed E-state index contributed by atoms with van der Waals surface area (Å²) in [6, 6.07) is 1.24. The van der Waals surface area contributed by atoms with Crippen LogP contribution in [0.4, 0.5) is 0 Å². The molecule has 24 heavy (non-hydrogen) atoms. The highest BCUT2D eigenvalue weighted by molar-refractivity contribution is 5.79. The van der Waals surface area contributed by atoms with Crippen LogP contribution in [0.3, 0.4) is 0 Å². The highest BCUT2D eigenvalue weighted by Crippen LogP contribution is 2.26. The summed E-state index contributed by atoms with van der Waals surface area (Å²) in [5, 5.41) is 3.18. The largest absolute Gasteiger partial charge is 0.353 e. The van der Waals surface area contributed by atoms with E-state index < -0.39 is 0 Å². The summed E-state index contributed by atoms with van der Waals surface area (Å²) < 4.78 is 0. The summed E-state index contributed by atoms with van der Waals surface area (Å²) in [4.78, 5) is 17.4. The molecule has 1 N–H and O–H groups in total. The van der Waals surface area contributed by atoms with Crippen LogP contribution in [0.1, 0.15) is 52.4 Å². The summed E-state index contributed by atoms with van der Waals surface area (Å²) in [7, 11) is 0. The van der Waals surface area contributed by atoms with Gasteiger partial charge in [0.1, 0.15) is 0 Å². The third-order valence-corrected chi connectivity index (χ3v) is 5.78. The molecule has 3 aliphatic rings. The quantitative estimate of drug-likeness (QED) is 0.759. The molecule has 1 amide bonds. The van der Waals surface area contributed by atoms with Crippen molar-refractivity contribution in [3.63, 3.8) is 0 Å². The van der Waals surface area contributed by atoms with E-state index in [-0.39, 0.29) is 5.92 Å². The molecule has 3 rings (SSSR count). The molecule has 0 aromatic rings. The zero-order valence-electron chi connectivity index (χ0n) is 15.5. The average molecular weight is 334 g/mol. The molecule has 0 unspecified atom stereocenters. The molecule has 2 aliphatic heterocycles. The fourth-order valence-electron chi connectivity index (χ4n) is 4.02. The van der Waals surface area contributed by atoms with E-state index in [2.05, 4.69) is 41.1 Å². The number of piperidine rings is 2. The lowest BCUT2D eigenvalue weighted by Gasteiger charge is -2.41. The summed E-state index contributed by atoms with van der Waals surface area (Å²) in [6.45, 7) is 10.2. The molecule has 2 heterocycles. The van der Waals surface area contributed by atoms with Crippen LogP contribution in [-0.2, 0) is 4.79 Å². The zero-order valence-corrected chi connectivity index (χ0v) is 15.5. The topological polar surface area (TPSA) is 35.6 Å². The van der Waals surface area contributed by atoms with Crippen LogP contribution in [0.2, 0.25) is 0 Å². The van der Waals surface area contributed by atoms with Crippen LogP contribution in [0, 0.1) is 11.8 Å². The monoisotopic (exact) mass is 333 g/mol. The number of likely N-dealkylation sites (tertiary alicyclic amines) is 2. The Morgan fingerprint density at radius 2 is 1.71 bits per heavy atom. The second-order valence-corrected chi connectivity index (χ2v) is 8.30. The molecule has 0 aromatic carbocycles. The van der Waals surface area contributed by atoms with E-state index in [1.807, 2.05) is 0 Å². The maximum absolute atomic E-state index is 12.2. The van der Waals surface area contributed by atoms with Gasteiger partial charge in [0.05, 0.1) is 0 Å². The molecule has 0 atom stereocenters. The fourth-order valence-corrected chi connectivity index (χ4v) is 4.02. The first-order valence-electron chi connectivity index (χ1n) is 10.0. The van der Waals surface area contributed by atoms with Crippen molar-refractivity contribution in [1.29, 1.82) is 0 Å². The molecular weight excluding hydrogens is 298 g/mol. The first-order chi connectivity index (χ1) is 11.6. The third kappa shape index (κ3) is 5.32. The number of carbonyl (C=O) groups is 1. The number of hydrogen-bond acceptors (Lipinski definition) is 3. The van der Waals surface area contributed by atoms with Crippen molar-refractivity contribution in [2.45, 2.75) is 64.5 Å². The highest BCUT2D eigenvalue weighted by Gasteiger charge is 2.32. The van der Waals surface area contributed by atoms with Crippen molar-refractivity contribution in [2.75, 3.05) is 32.7 Å². The number of nitrogens with zero attached hydrogens (tertiary/aromatic N) is 2. The summed E-state index contributed by atoms with van der Waals surface area (Å²) in [6.07, 6.45) is 11.7. The molecule has 3 fully saturated rings. The molecule has 1 saturated carbocycles. The zero-order chi connectivity index (χ0) is 16.9. The number of hydrogen-bond donors (Lipinski definition) is 1. The second kappa shape index (κ2) is 8.48. The van der Waals surface area contributed by atoms with Gasteiger partial charge in [0, 0.05) is 24.5 Å². The summed E-state index contributed by atoms with van der Waals surface area (Å²) >= 11 is 0. The van der Waals surface area contributed by atoms with E-state index in [1.165, 1.54) is 38.8 Å². The predicted octanol–water partition coefficient (Wildman–Crippen LogP) is 2.65. The van der Waals surface area contributed by atoms with E-state index in [9.17, 15) is 4.79 Å². The number of nitrogens with one attached hydrogen (secondary N) is 1. The van der Waals surface area contributed by atoms with Crippen molar-refractivity contribution in [3.05, 3.63) is 12.2 Å². The van der Waals surface area contributed by atoms with Gasteiger partial charge in [-0.2, -0.15) is 0 Å². The number of amides is 1. The Morgan fingerprint density at radius 1 is 1.04 bits per heavy atom. The lowest BCUT2D eigenvalue weighted by Crippen LogP contribution is -2.49. The van der Waals surface area contributed by atoms with Gasteiger partial charge in [0.15, 0.2) is 0 Å². The van der Waals surface area contributed by atoms with Crippen molar-refractivity contribution in [1.82, 2.24) is 15.1 Å². The molecule has 1 aliphatic carbocycles. The molecule has 2 saturated heterocycles. The molecule has 0 bridgehead atoms. The van der Waals surface area contributed by atoms with Gasteiger partial charge in [0.2, 0.25) is 5.91 Å². The van der Waals surface area contributed by atoms with E-state index in [1.54, 1.807) is 0 Å². The van der Waals surface area contributed by atoms with Crippen LogP contribution < -0.4 is 5.32 Å². The van der Waals surface area contributed by atoms with Crippen molar-refractivity contribution in [3.8, 4) is 0 Å². The first-order valence-corrected chi connectivity index (χ1v) is 10.0. The highest BCUT2D eigenvalue weighted by atomic mass is 16.2. The fraction of sp³-hybridized carbons (Fsp3) is 0.850. The summed E-state index contributed by atoms with van der Waals surface area (Å²) in [5.41, 5.74) is 0. The smallest absolute Gasteiger partial charge is 0.223 e. The van der Waals surface area contributed by atoms with Crippen LogP contribution in [-0.4, -0.2) is 60.5 Å². The average Bonchev–Trinajstić information content (AvgIpc) is 3.39. The Balaban J connectivity index is 1.34. The molecule has 0 aromatic heterocycles. The normalized spacial score (nSPS) is 25.6. The van der Waals surface area contributed by atoms with Gasteiger partial charge in [-0.25, -0.2) is 0 Å². The second-order valence-electron chi connectivity index (χ2n) is 8.30. The first kappa shape index (κ1) is 17.9. The minimum atomic E-state index is 0.267. The summed E-state index contributed by atoms with van der Waals surface area (Å²) in [5.74, 6) is 1.24. The van der Waals surface area contributed by atoms with Crippen molar-refractivity contribution < 1.29 is 4.79 Å². The Hall–Kier alpha value is -0.870. The van der Waals surface area contributed by atoms with Crippen LogP contribution in [0.5, 0.6) is 0 Å². The molecule has 136 valence electrons. The van der Waals surface area contributed by atoms with Crippen molar-refractivity contribution in [2.24, 2.45) is 11.8 Å². The van der Waals surface area contributed by atoms with E-state index in [0.717, 1.165) is 38.5 Å².